The van der Waals surface area contributed by atoms with E-state index in [-0.39, 0.29) is 11.7 Å². The van der Waals surface area contributed by atoms with Gasteiger partial charge >= 0.3 is 0 Å². The minimum Gasteiger partial charge on any atom is -0.369 e. The first kappa shape index (κ1) is 19.7. The second-order valence-corrected chi connectivity index (χ2v) is 7.87. The molecule has 154 valence electrons. The molecule has 0 radical (unpaired) electrons. The molecule has 0 aliphatic carbocycles. The van der Waals surface area contributed by atoms with Gasteiger partial charge in [0.25, 0.3) is 0 Å². The third-order valence-electron chi connectivity index (χ3n) is 6.01. The van der Waals surface area contributed by atoms with Crippen molar-refractivity contribution >= 4 is 17.3 Å². The van der Waals surface area contributed by atoms with Crippen LogP contribution < -0.4 is 9.80 Å². The Morgan fingerprint density at radius 2 is 1.34 bits per heavy atom. The number of hydrogen-bond acceptors (Lipinski definition) is 4. The fourth-order valence-corrected chi connectivity index (χ4v) is 4.26. The molecular weight excluding hydrogens is 367 g/mol. The first-order valence-electron chi connectivity index (χ1n) is 10.4. The number of halogens is 1. The molecule has 0 unspecified atom stereocenters. The van der Waals surface area contributed by atoms with Crippen molar-refractivity contribution < 1.29 is 9.18 Å². The van der Waals surface area contributed by atoms with Gasteiger partial charge in [-0.25, -0.2) is 4.39 Å². The van der Waals surface area contributed by atoms with Crippen LogP contribution in [0.5, 0.6) is 0 Å². The highest BCUT2D eigenvalue weighted by atomic mass is 19.1. The zero-order valence-electron chi connectivity index (χ0n) is 17.1. The lowest BCUT2D eigenvalue weighted by Crippen LogP contribution is -2.54. The monoisotopic (exact) mass is 396 g/mol. The molecule has 2 aliphatic rings. The van der Waals surface area contributed by atoms with Crippen molar-refractivity contribution in [3.05, 3.63) is 59.9 Å². The Morgan fingerprint density at radius 1 is 0.793 bits per heavy atom. The number of carbonyl (C=O) groups is 1. The van der Waals surface area contributed by atoms with Gasteiger partial charge in [0, 0.05) is 58.0 Å². The van der Waals surface area contributed by atoms with Crippen molar-refractivity contribution in [1.29, 1.82) is 0 Å². The van der Waals surface area contributed by atoms with Gasteiger partial charge in [0.15, 0.2) is 0 Å². The summed E-state index contributed by atoms with van der Waals surface area (Å²) in [5, 5.41) is 0. The van der Waals surface area contributed by atoms with Gasteiger partial charge in [0.05, 0.1) is 12.2 Å². The number of para-hydroxylation sites is 2. The summed E-state index contributed by atoms with van der Waals surface area (Å²) in [6, 6.07) is 15.3. The molecule has 2 fully saturated rings. The lowest BCUT2D eigenvalue weighted by Gasteiger charge is -2.39. The van der Waals surface area contributed by atoms with Gasteiger partial charge < -0.3 is 14.7 Å². The van der Waals surface area contributed by atoms with Gasteiger partial charge in [-0.1, -0.05) is 30.3 Å². The molecule has 2 saturated heterocycles. The van der Waals surface area contributed by atoms with E-state index in [0.717, 1.165) is 26.2 Å². The summed E-state index contributed by atoms with van der Waals surface area (Å²) in [4.78, 5) is 21.4. The zero-order chi connectivity index (χ0) is 20.2. The van der Waals surface area contributed by atoms with Crippen LogP contribution in [0.1, 0.15) is 5.56 Å². The molecule has 1 amide bonds. The standard InChI is InChI=1S/C23H29FN4O/c1-19-6-2-4-8-21(19)26-12-10-25(11-13-26)18-23(29)28-16-14-27(15-17-28)22-9-5-3-7-20(22)24/h2-9H,10-18H2,1H3. The van der Waals surface area contributed by atoms with Gasteiger partial charge in [-0.2, -0.15) is 0 Å². The molecule has 6 heteroatoms. The number of benzene rings is 2. The fraction of sp³-hybridized carbons (Fsp3) is 0.435. The van der Waals surface area contributed by atoms with Crippen molar-refractivity contribution in [3.63, 3.8) is 0 Å². The highest BCUT2D eigenvalue weighted by Gasteiger charge is 2.25. The Morgan fingerprint density at radius 3 is 2.00 bits per heavy atom. The number of anilines is 2. The first-order valence-corrected chi connectivity index (χ1v) is 10.4. The molecular formula is C23H29FN4O. The number of aryl methyl sites for hydroxylation is 1. The van der Waals surface area contributed by atoms with Gasteiger partial charge in [-0.3, -0.25) is 9.69 Å². The molecule has 29 heavy (non-hydrogen) atoms. The minimum atomic E-state index is -0.196. The molecule has 0 spiro atoms. The first-order chi connectivity index (χ1) is 14.1. The summed E-state index contributed by atoms with van der Waals surface area (Å²) in [5.74, 6) is -0.0127. The second-order valence-electron chi connectivity index (χ2n) is 7.87. The van der Waals surface area contributed by atoms with Crippen LogP contribution in [0.3, 0.4) is 0 Å². The Kier molecular flexibility index (Phi) is 6.00. The van der Waals surface area contributed by atoms with Crippen LogP contribution in [0.2, 0.25) is 0 Å². The molecule has 0 N–H and O–H groups in total. The molecule has 0 saturated carbocycles. The normalized spacial score (nSPS) is 18.2. The Bertz CT molecular complexity index is 842. The Labute approximate surface area is 172 Å². The maximum absolute atomic E-state index is 14.0. The van der Waals surface area contributed by atoms with Crippen LogP contribution in [-0.4, -0.2) is 74.6 Å². The topological polar surface area (TPSA) is 30.0 Å². The van der Waals surface area contributed by atoms with Crippen LogP contribution in [0, 0.1) is 12.7 Å². The Balaban J connectivity index is 1.25. The Hall–Kier alpha value is -2.60. The zero-order valence-corrected chi connectivity index (χ0v) is 17.1. The summed E-state index contributed by atoms with van der Waals surface area (Å²) in [5.41, 5.74) is 3.22. The van der Waals surface area contributed by atoms with Gasteiger partial charge in [-0.15, -0.1) is 0 Å². The predicted octanol–water partition coefficient (Wildman–Crippen LogP) is 2.60. The van der Waals surface area contributed by atoms with E-state index in [4.69, 9.17) is 0 Å². The van der Waals surface area contributed by atoms with Gasteiger partial charge in [0.2, 0.25) is 5.91 Å². The van der Waals surface area contributed by atoms with Crippen molar-refractivity contribution in [2.24, 2.45) is 0 Å². The van der Waals surface area contributed by atoms with E-state index in [2.05, 4.69) is 41.0 Å². The maximum Gasteiger partial charge on any atom is 0.236 e. The van der Waals surface area contributed by atoms with Gasteiger partial charge in [-0.05, 0) is 30.7 Å². The fourth-order valence-electron chi connectivity index (χ4n) is 4.26. The van der Waals surface area contributed by atoms with Crippen LogP contribution in [0.4, 0.5) is 15.8 Å². The summed E-state index contributed by atoms with van der Waals surface area (Å²) in [6.07, 6.45) is 0. The van der Waals surface area contributed by atoms with E-state index in [1.165, 1.54) is 17.3 Å². The molecule has 2 aromatic carbocycles. The van der Waals surface area contributed by atoms with Crippen molar-refractivity contribution in [3.8, 4) is 0 Å². The molecule has 0 bridgehead atoms. The average molecular weight is 397 g/mol. The highest BCUT2D eigenvalue weighted by Crippen LogP contribution is 2.22. The van der Waals surface area contributed by atoms with E-state index in [9.17, 15) is 9.18 Å². The van der Waals surface area contributed by atoms with Crippen molar-refractivity contribution in [2.45, 2.75) is 6.92 Å². The summed E-state index contributed by atoms with van der Waals surface area (Å²) < 4.78 is 14.0. The lowest BCUT2D eigenvalue weighted by molar-refractivity contribution is -0.132. The number of hydrogen-bond donors (Lipinski definition) is 0. The third-order valence-corrected chi connectivity index (χ3v) is 6.01. The second kappa shape index (κ2) is 8.82. The van der Waals surface area contributed by atoms with Crippen LogP contribution in [0.15, 0.2) is 48.5 Å². The molecule has 2 aromatic rings. The SMILES string of the molecule is Cc1ccccc1N1CCN(CC(=O)N2CCN(c3ccccc3F)CC2)CC1. The van der Waals surface area contributed by atoms with Crippen molar-refractivity contribution in [1.82, 2.24) is 9.80 Å². The van der Waals surface area contributed by atoms with E-state index in [1.54, 1.807) is 12.1 Å². The largest absolute Gasteiger partial charge is 0.369 e. The van der Waals surface area contributed by atoms with Crippen LogP contribution >= 0.6 is 0 Å². The molecule has 0 aromatic heterocycles. The van der Waals surface area contributed by atoms with Crippen molar-refractivity contribution in [2.75, 3.05) is 68.7 Å². The van der Waals surface area contributed by atoms with E-state index in [0.29, 0.717) is 38.4 Å². The average Bonchev–Trinajstić information content (AvgIpc) is 2.75. The highest BCUT2D eigenvalue weighted by molar-refractivity contribution is 5.78. The number of amides is 1. The summed E-state index contributed by atoms with van der Waals surface area (Å²) >= 11 is 0. The number of nitrogens with zero attached hydrogens (tertiary/aromatic N) is 4. The third kappa shape index (κ3) is 4.53. The summed E-state index contributed by atoms with van der Waals surface area (Å²) in [7, 11) is 0. The predicted molar refractivity (Wildman–Crippen MR) is 115 cm³/mol. The van der Waals surface area contributed by atoms with E-state index >= 15 is 0 Å². The quantitative estimate of drug-likeness (QED) is 0.795. The minimum absolute atomic E-state index is 0.183. The lowest BCUT2D eigenvalue weighted by atomic mass is 10.1. The maximum atomic E-state index is 14.0. The van der Waals surface area contributed by atoms with E-state index < -0.39 is 0 Å². The smallest absolute Gasteiger partial charge is 0.236 e. The molecule has 0 atom stereocenters. The molecule has 2 aliphatic heterocycles. The number of carbonyl (C=O) groups excluding carboxylic acids is 1. The number of rotatable bonds is 4. The van der Waals surface area contributed by atoms with Crippen LogP contribution in [-0.2, 0) is 4.79 Å². The van der Waals surface area contributed by atoms with Crippen LogP contribution in [0.25, 0.3) is 0 Å². The molecule has 2 heterocycles. The van der Waals surface area contributed by atoms with E-state index in [1.807, 2.05) is 15.9 Å². The molecule has 5 nitrogen and oxygen atoms in total. The summed E-state index contributed by atoms with van der Waals surface area (Å²) in [6.45, 7) is 8.95. The number of piperazine rings is 2. The van der Waals surface area contributed by atoms with Gasteiger partial charge in [0.1, 0.15) is 5.82 Å². The molecule has 4 rings (SSSR count).